The van der Waals surface area contributed by atoms with Crippen LogP contribution in [0.2, 0.25) is 0 Å². The summed E-state index contributed by atoms with van der Waals surface area (Å²) in [5, 5.41) is 0. The number of rotatable bonds is 6. The van der Waals surface area contributed by atoms with Crippen LogP contribution < -0.4 is 14.2 Å². The molecule has 1 aromatic rings. The maximum absolute atomic E-state index is 12.5. The lowest BCUT2D eigenvalue weighted by molar-refractivity contribution is -0.922. The van der Waals surface area contributed by atoms with Gasteiger partial charge in [-0.3, -0.25) is 4.79 Å². The summed E-state index contributed by atoms with van der Waals surface area (Å²) < 4.78 is 17.7. The van der Waals surface area contributed by atoms with Crippen molar-refractivity contribution in [2.75, 3.05) is 34.5 Å². The Kier molecular flexibility index (Phi) is 4.72. The van der Waals surface area contributed by atoms with Crippen LogP contribution in [0, 0.1) is 0 Å². The Morgan fingerprint density at radius 3 is 2.88 bits per heavy atom. The normalized spacial score (nSPS) is 20.6. The maximum atomic E-state index is 12.5. The van der Waals surface area contributed by atoms with Crippen LogP contribution in [0.4, 0.5) is 0 Å². The molecule has 0 saturated carbocycles. The second-order valence-electron chi connectivity index (χ2n) is 7.33. The van der Waals surface area contributed by atoms with E-state index in [4.69, 9.17) is 14.2 Å². The first-order chi connectivity index (χ1) is 11.5. The molecule has 0 saturated heterocycles. The summed E-state index contributed by atoms with van der Waals surface area (Å²) in [7, 11) is 6.07. The van der Waals surface area contributed by atoms with Crippen molar-refractivity contribution in [1.29, 1.82) is 0 Å². The molecule has 3 rings (SSSR count). The number of ketones is 1. The SMILES string of the molecule is CCCCC(=O)CC1c2c(cc3c(c2OC)OCO3)CC[N+]1(C)C. The molecule has 2 heterocycles. The smallest absolute Gasteiger partial charge is 0.231 e. The van der Waals surface area contributed by atoms with Gasteiger partial charge in [0.25, 0.3) is 0 Å². The zero-order valence-corrected chi connectivity index (χ0v) is 15.2. The third-order valence-corrected chi connectivity index (χ3v) is 5.31. The van der Waals surface area contributed by atoms with E-state index in [1.807, 2.05) is 0 Å². The average Bonchev–Trinajstić information content (AvgIpc) is 3.01. The largest absolute Gasteiger partial charge is 0.492 e. The number of carbonyl (C=O) groups is 1. The zero-order valence-electron chi connectivity index (χ0n) is 15.2. The van der Waals surface area contributed by atoms with Crippen LogP contribution in [0.15, 0.2) is 6.07 Å². The molecule has 1 unspecified atom stereocenters. The van der Waals surface area contributed by atoms with Crippen molar-refractivity contribution in [2.24, 2.45) is 0 Å². The fourth-order valence-electron chi connectivity index (χ4n) is 3.81. The zero-order chi connectivity index (χ0) is 17.3. The molecule has 0 radical (unpaired) electrons. The second-order valence-corrected chi connectivity index (χ2v) is 7.33. The van der Waals surface area contributed by atoms with Crippen molar-refractivity contribution >= 4 is 5.78 Å². The molecule has 2 aliphatic rings. The molecular formula is C19H28NO4+. The summed E-state index contributed by atoms with van der Waals surface area (Å²) in [5.74, 6) is 2.53. The van der Waals surface area contributed by atoms with Crippen LogP contribution >= 0.6 is 0 Å². The predicted octanol–water partition coefficient (Wildman–Crippen LogP) is 3.25. The molecule has 0 amide bonds. The topological polar surface area (TPSA) is 44.8 Å². The van der Waals surface area contributed by atoms with Crippen LogP contribution in [0.5, 0.6) is 17.2 Å². The second kappa shape index (κ2) is 6.63. The predicted molar refractivity (Wildman–Crippen MR) is 91.7 cm³/mol. The molecule has 24 heavy (non-hydrogen) atoms. The Bertz CT molecular complexity index is 639. The van der Waals surface area contributed by atoms with Gasteiger partial charge in [0.1, 0.15) is 11.8 Å². The molecule has 0 N–H and O–H groups in total. The first-order valence-corrected chi connectivity index (χ1v) is 8.81. The Labute approximate surface area is 144 Å². The number of ether oxygens (including phenoxy) is 3. The Balaban J connectivity index is 2.01. The van der Waals surface area contributed by atoms with Gasteiger partial charge in [-0.2, -0.15) is 0 Å². The maximum Gasteiger partial charge on any atom is 0.231 e. The first-order valence-electron chi connectivity index (χ1n) is 8.81. The number of likely N-dealkylation sites (N-methyl/N-ethyl adjacent to an activating group) is 1. The quantitative estimate of drug-likeness (QED) is 0.749. The summed E-state index contributed by atoms with van der Waals surface area (Å²) in [4.78, 5) is 12.5. The van der Waals surface area contributed by atoms with Crippen LogP contribution in [0.3, 0.4) is 0 Å². The number of Topliss-reactive ketones (excluding diaryl/α,β-unsaturated/α-hetero) is 1. The number of fused-ring (bicyclic) bond motifs is 2. The molecule has 0 bridgehead atoms. The number of benzene rings is 1. The molecule has 0 spiro atoms. The van der Waals surface area contributed by atoms with Gasteiger partial charge in [0.15, 0.2) is 11.5 Å². The summed E-state index contributed by atoms with van der Waals surface area (Å²) >= 11 is 0. The molecule has 0 aromatic heterocycles. The Hall–Kier alpha value is -1.75. The van der Waals surface area contributed by atoms with Gasteiger partial charge < -0.3 is 18.7 Å². The van der Waals surface area contributed by atoms with Gasteiger partial charge >= 0.3 is 0 Å². The van der Waals surface area contributed by atoms with E-state index in [0.29, 0.717) is 24.4 Å². The number of unbranched alkanes of at least 4 members (excludes halogenated alkanes) is 1. The summed E-state index contributed by atoms with van der Waals surface area (Å²) in [6.45, 7) is 3.35. The summed E-state index contributed by atoms with van der Waals surface area (Å²) in [5.41, 5.74) is 2.35. The van der Waals surface area contributed by atoms with E-state index in [-0.39, 0.29) is 12.8 Å². The fraction of sp³-hybridized carbons (Fsp3) is 0.632. The first kappa shape index (κ1) is 17.1. The van der Waals surface area contributed by atoms with Crippen molar-refractivity contribution in [3.63, 3.8) is 0 Å². The number of hydrogen-bond acceptors (Lipinski definition) is 4. The van der Waals surface area contributed by atoms with Crippen molar-refractivity contribution < 1.29 is 23.5 Å². The van der Waals surface area contributed by atoms with Gasteiger partial charge in [0, 0.05) is 12.8 Å². The summed E-state index contributed by atoms with van der Waals surface area (Å²) in [6.07, 6.45) is 4.18. The number of methoxy groups -OCH3 is 1. The van der Waals surface area contributed by atoms with Crippen molar-refractivity contribution in [3.05, 3.63) is 17.2 Å². The Morgan fingerprint density at radius 1 is 1.38 bits per heavy atom. The Morgan fingerprint density at radius 2 is 2.17 bits per heavy atom. The van der Waals surface area contributed by atoms with Gasteiger partial charge in [-0.1, -0.05) is 13.3 Å². The number of quaternary nitrogens is 1. The lowest BCUT2D eigenvalue weighted by Crippen LogP contribution is -2.48. The number of nitrogens with zero attached hydrogens (tertiary/aromatic N) is 1. The molecule has 5 heteroatoms. The minimum Gasteiger partial charge on any atom is -0.492 e. The summed E-state index contributed by atoms with van der Waals surface area (Å²) in [6, 6.07) is 2.17. The molecule has 132 valence electrons. The van der Waals surface area contributed by atoms with Crippen molar-refractivity contribution in [3.8, 4) is 17.2 Å². The molecule has 5 nitrogen and oxygen atoms in total. The van der Waals surface area contributed by atoms with Crippen LogP contribution in [-0.2, 0) is 11.2 Å². The van der Waals surface area contributed by atoms with Crippen molar-refractivity contribution in [1.82, 2.24) is 0 Å². The molecule has 1 atom stereocenters. The van der Waals surface area contributed by atoms with Crippen LogP contribution in [-0.4, -0.2) is 44.8 Å². The van der Waals surface area contributed by atoms with E-state index in [0.717, 1.165) is 47.4 Å². The fourth-order valence-corrected chi connectivity index (χ4v) is 3.81. The van der Waals surface area contributed by atoms with Crippen LogP contribution in [0.1, 0.15) is 49.8 Å². The lowest BCUT2D eigenvalue weighted by atomic mass is 9.86. The average molecular weight is 334 g/mol. The highest BCUT2D eigenvalue weighted by atomic mass is 16.7. The third kappa shape index (κ3) is 2.97. The molecule has 2 aliphatic heterocycles. The van der Waals surface area contributed by atoms with E-state index in [9.17, 15) is 4.79 Å². The highest BCUT2D eigenvalue weighted by Gasteiger charge is 2.41. The van der Waals surface area contributed by atoms with Gasteiger partial charge in [-0.25, -0.2) is 0 Å². The number of carbonyl (C=O) groups excluding carboxylic acids is 1. The van der Waals surface area contributed by atoms with Gasteiger partial charge in [0.05, 0.1) is 39.7 Å². The van der Waals surface area contributed by atoms with E-state index in [1.54, 1.807) is 7.11 Å². The monoisotopic (exact) mass is 334 g/mol. The van der Waals surface area contributed by atoms with Gasteiger partial charge in [-0.05, 0) is 18.1 Å². The van der Waals surface area contributed by atoms with E-state index in [1.165, 1.54) is 5.56 Å². The molecule has 0 aliphatic carbocycles. The number of hydrogen-bond donors (Lipinski definition) is 0. The standard InChI is InChI=1S/C19H28NO4/c1-5-6-7-14(21)11-15-17-13(8-9-20(15,2)3)10-16-18(19(17)22-4)24-12-23-16/h10,15H,5-9,11-12H2,1-4H3/q+1. The van der Waals surface area contributed by atoms with Crippen LogP contribution in [0.25, 0.3) is 0 Å². The van der Waals surface area contributed by atoms with E-state index >= 15 is 0 Å². The highest BCUT2D eigenvalue weighted by molar-refractivity contribution is 5.79. The minimum absolute atomic E-state index is 0.0996. The van der Waals surface area contributed by atoms with Gasteiger partial charge in [0.2, 0.25) is 12.5 Å². The van der Waals surface area contributed by atoms with Crippen molar-refractivity contribution in [2.45, 2.75) is 45.1 Å². The van der Waals surface area contributed by atoms with Gasteiger partial charge in [-0.15, -0.1) is 0 Å². The highest BCUT2D eigenvalue weighted by Crippen LogP contribution is 2.51. The molecule has 1 aromatic carbocycles. The lowest BCUT2D eigenvalue weighted by Gasteiger charge is -2.43. The van der Waals surface area contributed by atoms with E-state index < -0.39 is 0 Å². The molecular weight excluding hydrogens is 306 g/mol. The molecule has 0 fully saturated rings. The third-order valence-electron chi connectivity index (χ3n) is 5.31. The minimum atomic E-state index is 0.0996. The van der Waals surface area contributed by atoms with E-state index in [2.05, 4.69) is 27.1 Å².